The van der Waals surface area contributed by atoms with Gasteiger partial charge < -0.3 is 28.3 Å². The van der Waals surface area contributed by atoms with Gasteiger partial charge in [-0.05, 0) is 42.3 Å². The first-order valence-corrected chi connectivity index (χ1v) is 11.7. The van der Waals surface area contributed by atoms with Crippen molar-refractivity contribution in [1.29, 1.82) is 0 Å². The van der Waals surface area contributed by atoms with Gasteiger partial charge in [-0.3, -0.25) is 10.9 Å². The van der Waals surface area contributed by atoms with Gasteiger partial charge in [0.1, 0.15) is 5.75 Å². The van der Waals surface area contributed by atoms with Gasteiger partial charge in [0, 0.05) is 17.3 Å². The summed E-state index contributed by atoms with van der Waals surface area (Å²) in [6, 6.07) is 12.8. The summed E-state index contributed by atoms with van der Waals surface area (Å²) < 4.78 is 65.2. The number of benzene rings is 2. The van der Waals surface area contributed by atoms with Crippen molar-refractivity contribution in [3.8, 4) is 17.0 Å². The zero-order valence-electron chi connectivity index (χ0n) is 19.2. The molecule has 0 bridgehead atoms. The highest BCUT2D eigenvalue weighted by Gasteiger charge is 2.31. The molecule has 3 rings (SSSR count). The lowest BCUT2D eigenvalue weighted by Gasteiger charge is -2.21. The molecule has 1 heterocycles. The molecule has 0 amide bonds. The number of halogens is 3. The molecule has 0 fully saturated rings. The Morgan fingerprint density at radius 1 is 1.08 bits per heavy atom. The Hall–Kier alpha value is -3.62. The van der Waals surface area contributed by atoms with Gasteiger partial charge >= 0.3 is 6.36 Å². The Morgan fingerprint density at radius 2 is 1.81 bits per heavy atom. The van der Waals surface area contributed by atoms with Crippen LogP contribution in [0, 0.1) is 5.92 Å². The molecule has 194 valence electrons. The molecule has 3 aromatic rings. The molecule has 0 spiro atoms. The first-order valence-electron chi connectivity index (χ1n) is 10.6. The molecule has 5 N–H and O–H groups in total. The predicted octanol–water partition coefficient (Wildman–Crippen LogP) is 5.16. The van der Waals surface area contributed by atoms with Crippen LogP contribution in [0.25, 0.3) is 11.3 Å². The molecule has 2 aromatic carbocycles. The smallest absolute Gasteiger partial charge is 0.454 e. The molecule has 14 heteroatoms. The van der Waals surface area contributed by atoms with Gasteiger partial charge in [0.25, 0.3) is 0 Å². The standard InChI is InChI=1S/C22H24F3N6O4S/c1-13(2)19(12-32)27-21-26-18(14-4-3-5-17(10-14)35-22(23,24)25)11-20(28-21)30-29-15-6-8-16(9-7-15)31-36(33)34/h3-11,13,19,29,32H,12H2,1-2H3,(H,31,33,34)(H2,26,27,28,30)/q-1/t19-/m0/s1. The van der Waals surface area contributed by atoms with E-state index in [1.807, 2.05) is 13.8 Å². The fourth-order valence-corrected chi connectivity index (χ4v) is 3.30. The van der Waals surface area contributed by atoms with Crippen LogP contribution in [0.1, 0.15) is 13.8 Å². The number of aromatic nitrogens is 2. The van der Waals surface area contributed by atoms with Crippen molar-refractivity contribution in [2.75, 3.05) is 22.8 Å². The average Bonchev–Trinajstić information content (AvgIpc) is 2.80. The number of aliphatic hydroxyl groups excluding tert-OH is 1. The van der Waals surface area contributed by atoms with Crippen molar-refractivity contribution >= 4 is 34.0 Å². The molecule has 0 aliphatic heterocycles. The van der Waals surface area contributed by atoms with Crippen LogP contribution < -0.4 is 20.9 Å². The number of nitrogens with one attached hydrogen (secondary N) is 3. The second kappa shape index (κ2) is 11.9. The Labute approximate surface area is 207 Å². The monoisotopic (exact) mass is 525 g/mol. The molecule has 0 aliphatic carbocycles. The van der Waals surface area contributed by atoms with E-state index >= 15 is 0 Å². The number of hydrogen-bond acceptors (Lipinski definition) is 10. The summed E-state index contributed by atoms with van der Waals surface area (Å²) >= 11 is 0. The van der Waals surface area contributed by atoms with Crippen molar-refractivity contribution < 1.29 is 31.8 Å². The van der Waals surface area contributed by atoms with E-state index in [0.29, 0.717) is 22.6 Å². The van der Waals surface area contributed by atoms with Crippen LogP contribution in [0.3, 0.4) is 0 Å². The summed E-state index contributed by atoms with van der Waals surface area (Å²) in [4.78, 5) is 8.78. The number of aliphatic hydroxyl groups is 1. The van der Waals surface area contributed by atoms with Crippen LogP contribution in [-0.2, 0) is 15.1 Å². The van der Waals surface area contributed by atoms with Gasteiger partial charge in [-0.1, -0.05) is 36.9 Å². The highest BCUT2D eigenvalue weighted by molar-refractivity contribution is 7.68. The van der Waals surface area contributed by atoms with Crippen LogP contribution in [-0.4, -0.2) is 38.6 Å². The molecule has 0 aliphatic rings. The largest absolute Gasteiger partial charge is 0.573 e. The Bertz CT molecular complexity index is 1250. The van der Waals surface area contributed by atoms with Gasteiger partial charge in [-0.25, -0.2) is 4.98 Å². The second-order valence-electron chi connectivity index (χ2n) is 7.83. The Balaban J connectivity index is 1.90. The number of hydrogen-bond donors (Lipinski definition) is 5. The normalized spacial score (nSPS) is 13.3. The van der Waals surface area contributed by atoms with E-state index in [4.69, 9.17) is 4.55 Å². The minimum absolute atomic E-state index is 0.0393. The second-order valence-corrected chi connectivity index (χ2v) is 8.48. The van der Waals surface area contributed by atoms with Gasteiger partial charge in [-0.2, -0.15) is 4.98 Å². The summed E-state index contributed by atoms with van der Waals surface area (Å²) in [7, 11) is -2.32. The molecule has 0 saturated heterocycles. The van der Waals surface area contributed by atoms with Gasteiger partial charge in [0.05, 0.1) is 24.0 Å². The lowest BCUT2D eigenvalue weighted by molar-refractivity contribution is -0.274. The summed E-state index contributed by atoms with van der Waals surface area (Å²) in [6.07, 6.45) is -4.84. The van der Waals surface area contributed by atoms with Crippen molar-refractivity contribution in [1.82, 2.24) is 9.97 Å². The van der Waals surface area contributed by atoms with Crippen molar-refractivity contribution in [2.24, 2.45) is 10.3 Å². The fraction of sp³-hybridized carbons (Fsp3) is 0.273. The van der Waals surface area contributed by atoms with Crippen LogP contribution >= 0.6 is 0 Å². The summed E-state index contributed by atoms with van der Waals surface area (Å²) in [6.45, 7) is 3.62. The van der Waals surface area contributed by atoms with E-state index in [1.54, 1.807) is 18.2 Å². The number of ether oxygens (including phenoxy) is 1. The van der Waals surface area contributed by atoms with Crippen LogP contribution in [0.2, 0.25) is 0 Å². The van der Waals surface area contributed by atoms with Crippen LogP contribution in [0.4, 0.5) is 36.3 Å². The highest BCUT2D eigenvalue weighted by atomic mass is 32.2. The molecular formula is C22H24F3N6O4S-. The molecular weight excluding hydrogens is 501 g/mol. The quantitative estimate of drug-likeness (QED) is 0.138. The van der Waals surface area contributed by atoms with E-state index < -0.39 is 23.0 Å². The maximum atomic E-state index is 12.7. The summed E-state index contributed by atoms with van der Waals surface area (Å²) in [5.41, 5.74) is 7.32. The van der Waals surface area contributed by atoms with E-state index in [2.05, 4.69) is 35.2 Å². The van der Waals surface area contributed by atoms with Crippen molar-refractivity contribution in [3.05, 3.63) is 54.6 Å². The number of hydrazine groups is 1. The van der Waals surface area contributed by atoms with Crippen LogP contribution in [0.5, 0.6) is 5.75 Å². The third-order valence-corrected chi connectivity index (χ3v) is 5.16. The molecule has 0 radical (unpaired) electrons. The number of anilines is 3. The minimum Gasteiger partial charge on any atom is -0.454 e. The summed E-state index contributed by atoms with van der Waals surface area (Å²) in [5, 5.41) is 12.7. The van der Waals surface area contributed by atoms with Gasteiger partial charge in [0.15, 0.2) is 5.82 Å². The average molecular weight is 526 g/mol. The van der Waals surface area contributed by atoms with Crippen molar-refractivity contribution in [3.63, 3.8) is 0 Å². The molecule has 36 heavy (non-hydrogen) atoms. The molecule has 1 aromatic heterocycles. The SMILES string of the molecule is CC(C)[C@H](CO)Nc1nc(NNc2ccc(N=[S-](=O)O)cc2)cc(-c2cccc(OC(F)(F)F)c2)n1. The lowest BCUT2D eigenvalue weighted by Crippen LogP contribution is -2.30. The van der Waals surface area contributed by atoms with E-state index in [0.717, 1.165) is 0 Å². The fourth-order valence-electron chi connectivity index (χ4n) is 3.00. The maximum Gasteiger partial charge on any atom is 0.573 e. The van der Waals surface area contributed by atoms with E-state index in [1.165, 1.54) is 36.4 Å². The molecule has 0 unspecified atom stereocenters. The molecule has 0 saturated carbocycles. The van der Waals surface area contributed by atoms with Crippen LogP contribution in [0.15, 0.2) is 59.0 Å². The number of nitrogens with zero attached hydrogens (tertiary/aromatic N) is 3. The first-order chi connectivity index (χ1) is 17.0. The molecule has 10 nitrogen and oxygen atoms in total. The lowest BCUT2D eigenvalue weighted by atomic mass is 10.1. The third-order valence-electron chi connectivity index (χ3n) is 4.79. The number of alkyl halides is 3. The van der Waals surface area contributed by atoms with Gasteiger partial charge in [-0.15, -0.1) is 13.2 Å². The third kappa shape index (κ3) is 8.25. The zero-order chi connectivity index (χ0) is 26.3. The van der Waals surface area contributed by atoms with Gasteiger partial charge in [0.2, 0.25) is 5.95 Å². The predicted molar refractivity (Wildman–Crippen MR) is 130 cm³/mol. The Morgan fingerprint density at radius 3 is 2.42 bits per heavy atom. The first kappa shape index (κ1) is 27.0. The van der Waals surface area contributed by atoms with E-state index in [9.17, 15) is 22.5 Å². The highest BCUT2D eigenvalue weighted by Crippen LogP contribution is 2.29. The minimum atomic E-state index is -4.84. The topological polar surface area (TPSA) is 141 Å². The number of rotatable bonds is 10. The van der Waals surface area contributed by atoms with Crippen molar-refractivity contribution in [2.45, 2.75) is 26.3 Å². The molecule has 1 atom stereocenters. The van der Waals surface area contributed by atoms with E-state index in [-0.39, 0.29) is 30.3 Å². The summed E-state index contributed by atoms with van der Waals surface area (Å²) in [5.74, 6) is 0.0598. The maximum absolute atomic E-state index is 12.7. The Kier molecular flexibility index (Phi) is 8.90. The zero-order valence-corrected chi connectivity index (χ0v) is 20.0.